The second-order valence-electron chi connectivity index (χ2n) is 7.39. The van der Waals surface area contributed by atoms with Gasteiger partial charge in [-0.15, -0.1) is 0 Å². The molecule has 0 aliphatic carbocycles. The monoisotopic (exact) mass is 406 g/mol. The molecule has 2 fully saturated rings. The van der Waals surface area contributed by atoms with Crippen molar-refractivity contribution in [1.29, 1.82) is 0 Å². The van der Waals surface area contributed by atoms with Gasteiger partial charge in [0, 0.05) is 10.6 Å². The third-order valence-electron chi connectivity index (χ3n) is 5.74. The van der Waals surface area contributed by atoms with Gasteiger partial charge in [-0.2, -0.15) is 0 Å². The largest absolute Gasteiger partial charge is 0.461 e. The molecule has 0 radical (unpaired) electrons. The third-order valence-corrected chi connectivity index (χ3v) is 5.97. The van der Waals surface area contributed by atoms with Gasteiger partial charge in [-0.1, -0.05) is 23.7 Å². The standard InChI is InChI=1S/C21H25ClN2O4/c22-17-4-1-3-16(15-17)19(23-6-11-26-12-7-23)20(24-8-13-27-14-9-24)21(25)18-5-2-10-28-18/h1-5,10,15,19-20H,6-9,11-14H2/p+2/t19-,20+/m0/s1. The molecule has 0 bridgehead atoms. The van der Waals surface area contributed by atoms with E-state index in [4.69, 9.17) is 25.5 Å². The molecule has 2 atom stereocenters. The lowest BCUT2D eigenvalue weighted by Crippen LogP contribution is -3.25. The number of hydrogen-bond acceptors (Lipinski definition) is 4. The minimum Gasteiger partial charge on any atom is -0.461 e. The quantitative estimate of drug-likeness (QED) is 0.666. The number of morpholine rings is 2. The van der Waals surface area contributed by atoms with Crippen molar-refractivity contribution >= 4 is 17.4 Å². The number of ketones is 1. The molecule has 2 N–H and O–H groups in total. The zero-order valence-corrected chi connectivity index (χ0v) is 16.6. The topological polar surface area (TPSA) is 57.5 Å². The molecule has 2 saturated heterocycles. The van der Waals surface area contributed by atoms with Gasteiger partial charge < -0.3 is 23.7 Å². The highest BCUT2D eigenvalue weighted by Crippen LogP contribution is 2.21. The highest BCUT2D eigenvalue weighted by atomic mass is 35.5. The highest BCUT2D eigenvalue weighted by Gasteiger charge is 2.46. The summed E-state index contributed by atoms with van der Waals surface area (Å²) in [5.41, 5.74) is 1.09. The number of carbonyl (C=O) groups is 1. The number of carbonyl (C=O) groups excluding carboxylic acids is 1. The smallest absolute Gasteiger partial charge is 0.261 e. The van der Waals surface area contributed by atoms with E-state index in [-0.39, 0.29) is 17.9 Å². The molecule has 0 unspecified atom stereocenters. The van der Waals surface area contributed by atoms with Gasteiger partial charge in [-0.05, 0) is 24.3 Å². The predicted molar refractivity (Wildman–Crippen MR) is 104 cm³/mol. The zero-order valence-electron chi connectivity index (χ0n) is 15.9. The summed E-state index contributed by atoms with van der Waals surface area (Å²) in [7, 11) is 0. The Labute approximate surface area is 169 Å². The Morgan fingerprint density at radius 1 is 0.929 bits per heavy atom. The first-order valence-corrected chi connectivity index (χ1v) is 10.3. The summed E-state index contributed by atoms with van der Waals surface area (Å²) in [6, 6.07) is 11.2. The van der Waals surface area contributed by atoms with Crippen molar-refractivity contribution in [2.24, 2.45) is 0 Å². The van der Waals surface area contributed by atoms with Crippen LogP contribution in [-0.4, -0.2) is 64.4 Å². The first-order valence-electron chi connectivity index (χ1n) is 9.92. The average Bonchev–Trinajstić information content (AvgIpc) is 3.28. The Morgan fingerprint density at radius 2 is 1.61 bits per heavy atom. The van der Waals surface area contributed by atoms with Gasteiger partial charge in [0.15, 0.2) is 11.8 Å². The van der Waals surface area contributed by atoms with Crippen LogP contribution in [0.2, 0.25) is 5.02 Å². The lowest BCUT2D eigenvalue weighted by Gasteiger charge is -2.39. The average molecular weight is 407 g/mol. The number of Topliss-reactive ketones (excluding diaryl/α,β-unsaturated/α-hetero) is 1. The van der Waals surface area contributed by atoms with E-state index in [9.17, 15) is 4.79 Å². The number of halogens is 1. The van der Waals surface area contributed by atoms with Crippen LogP contribution in [0.15, 0.2) is 47.1 Å². The lowest BCUT2D eigenvalue weighted by atomic mass is 9.91. The van der Waals surface area contributed by atoms with Gasteiger partial charge in [0.1, 0.15) is 26.2 Å². The molecule has 0 amide bonds. The molecule has 6 nitrogen and oxygen atoms in total. The molecule has 2 aliphatic rings. The number of hydrogen-bond donors (Lipinski definition) is 2. The van der Waals surface area contributed by atoms with Crippen LogP contribution in [0.4, 0.5) is 0 Å². The number of ether oxygens (including phenoxy) is 2. The molecular formula is C21H27ClN2O4+2. The van der Waals surface area contributed by atoms with Crippen LogP contribution in [0.1, 0.15) is 22.2 Å². The van der Waals surface area contributed by atoms with Gasteiger partial charge >= 0.3 is 0 Å². The van der Waals surface area contributed by atoms with Gasteiger partial charge in [-0.3, -0.25) is 4.79 Å². The van der Waals surface area contributed by atoms with Crippen LogP contribution in [-0.2, 0) is 9.47 Å². The van der Waals surface area contributed by atoms with Gasteiger partial charge in [0.25, 0.3) is 5.78 Å². The summed E-state index contributed by atoms with van der Waals surface area (Å²) in [6.07, 6.45) is 1.56. The summed E-state index contributed by atoms with van der Waals surface area (Å²) in [4.78, 5) is 16.2. The first kappa shape index (κ1) is 19.6. The van der Waals surface area contributed by atoms with E-state index < -0.39 is 0 Å². The van der Waals surface area contributed by atoms with E-state index in [1.165, 1.54) is 9.80 Å². The SMILES string of the molecule is O=C(c1ccco1)[C@@H]([C@H](c1cccc(Cl)c1)[NH+]1CCOCC1)[NH+]1CCOCC1. The number of rotatable bonds is 6. The number of benzene rings is 1. The van der Waals surface area contributed by atoms with Crippen LogP contribution in [0.5, 0.6) is 0 Å². The summed E-state index contributed by atoms with van der Waals surface area (Å²) in [5, 5.41) is 0.691. The van der Waals surface area contributed by atoms with E-state index in [1.807, 2.05) is 18.2 Å². The van der Waals surface area contributed by atoms with Crippen molar-refractivity contribution in [3.8, 4) is 0 Å². The van der Waals surface area contributed by atoms with E-state index >= 15 is 0 Å². The fraction of sp³-hybridized carbons (Fsp3) is 0.476. The number of furan rings is 1. The molecule has 1 aromatic heterocycles. The Balaban J connectivity index is 1.76. The van der Waals surface area contributed by atoms with E-state index in [0.29, 0.717) is 37.2 Å². The molecular weight excluding hydrogens is 380 g/mol. The van der Waals surface area contributed by atoms with Crippen LogP contribution < -0.4 is 9.80 Å². The van der Waals surface area contributed by atoms with E-state index in [2.05, 4.69) is 6.07 Å². The fourth-order valence-electron chi connectivity index (χ4n) is 4.40. The number of nitrogens with one attached hydrogen (secondary N) is 2. The minimum atomic E-state index is -0.262. The third kappa shape index (κ3) is 4.31. The maximum absolute atomic E-state index is 13.6. The van der Waals surface area contributed by atoms with Gasteiger partial charge in [0.05, 0.1) is 32.7 Å². The normalized spacial score (nSPS) is 21.3. The fourth-order valence-corrected chi connectivity index (χ4v) is 4.60. The summed E-state index contributed by atoms with van der Waals surface area (Å²) in [5.74, 6) is 0.467. The second-order valence-corrected chi connectivity index (χ2v) is 7.83. The molecule has 4 rings (SSSR count). The van der Waals surface area contributed by atoms with Crippen molar-refractivity contribution in [2.75, 3.05) is 52.6 Å². The van der Waals surface area contributed by atoms with E-state index in [1.54, 1.807) is 18.4 Å². The predicted octanol–water partition coefficient (Wildman–Crippen LogP) is 0.0558. The molecule has 28 heavy (non-hydrogen) atoms. The summed E-state index contributed by atoms with van der Waals surface area (Å²) >= 11 is 6.33. The Kier molecular flexibility index (Phi) is 6.44. The number of quaternary nitrogens is 2. The minimum absolute atomic E-state index is 0.0201. The van der Waals surface area contributed by atoms with Gasteiger partial charge in [0.2, 0.25) is 6.04 Å². The van der Waals surface area contributed by atoms with Crippen LogP contribution in [0, 0.1) is 0 Å². The van der Waals surface area contributed by atoms with Crippen molar-refractivity contribution < 1.29 is 28.5 Å². The van der Waals surface area contributed by atoms with Crippen molar-refractivity contribution in [2.45, 2.75) is 12.1 Å². The maximum atomic E-state index is 13.6. The van der Waals surface area contributed by atoms with Gasteiger partial charge in [-0.25, -0.2) is 0 Å². The van der Waals surface area contributed by atoms with Crippen molar-refractivity contribution in [3.63, 3.8) is 0 Å². The van der Waals surface area contributed by atoms with E-state index in [0.717, 1.165) is 31.7 Å². The zero-order chi connectivity index (χ0) is 19.3. The molecule has 150 valence electrons. The molecule has 0 saturated carbocycles. The first-order chi connectivity index (χ1) is 13.7. The van der Waals surface area contributed by atoms with Crippen LogP contribution in [0.25, 0.3) is 0 Å². The maximum Gasteiger partial charge on any atom is 0.261 e. The molecule has 3 heterocycles. The molecule has 0 spiro atoms. The lowest BCUT2D eigenvalue weighted by molar-refractivity contribution is -0.999. The van der Waals surface area contributed by atoms with Crippen molar-refractivity contribution in [1.82, 2.24) is 0 Å². The molecule has 2 aliphatic heterocycles. The Hall–Kier alpha value is -1.70. The van der Waals surface area contributed by atoms with Crippen LogP contribution >= 0.6 is 11.6 Å². The Bertz CT molecular complexity index is 770. The summed E-state index contributed by atoms with van der Waals surface area (Å²) < 4.78 is 16.7. The molecule has 1 aromatic carbocycles. The highest BCUT2D eigenvalue weighted by molar-refractivity contribution is 6.30. The molecule has 2 aromatic rings. The van der Waals surface area contributed by atoms with Crippen LogP contribution in [0.3, 0.4) is 0 Å². The Morgan fingerprint density at radius 3 is 2.21 bits per heavy atom. The summed E-state index contributed by atoms with van der Waals surface area (Å²) in [6.45, 7) is 6.07. The second kappa shape index (κ2) is 9.20. The van der Waals surface area contributed by atoms with Crippen molar-refractivity contribution in [3.05, 3.63) is 59.0 Å². The molecule has 7 heteroatoms.